The van der Waals surface area contributed by atoms with E-state index in [1.807, 2.05) is 0 Å². The lowest BCUT2D eigenvalue weighted by Crippen LogP contribution is -2.52. The van der Waals surface area contributed by atoms with Crippen molar-refractivity contribution in [3.05, 3.63) is 16.3 Å². The molecule has 4 rings (SSSR count). The fourth-order valence-corrected chi connectivity index (χ4v) is 4.26. The number of anilines is 1. The second-order valence-corrected chi connectivity index (χ2v) is 6.76. The van der Waals surface area contributed by atoms with E-state index >= 15 is 0 Å². The Morgan fingerprint density at radius 1 is 1.26 bits per heavy atom. The molecule has 1 aromatic heterocycles. The van der Waals surface area contributed by atoms with E-state index in [1.54, 1.807) is 6.92 Å². The molecule has 3 saturated carbocycles. The third-order valence-corrected chi connectivity index (χ3v) is 5.28. The first-order chi connectivity index (χ1) is 11.0. The van der Waals surface area contributed by atoms with Crippen LogP contribution < -0.4 is 5.32 Å². The van der Waals surface area contributed by atoms with Crippen LogP contribution in [-0.2, 0) is 9.53 Å². The molecule has 8 heteroatoms. The molecule has 0 radical (unpaired) electrons. The van der Waals surface area contributed by atoms with Crippen LogP contribution in [0.25, 0.3) is 0 Å². The number of hydrogen-bond donors (Lipinski definition) is 1. The van der Waals surface area contributed by atoms with Crippen LogP contribution in [-0.4, -0.2) is 28.6 Å². The van der Waals surface area contributed by atoms with Gasteiger partial charge in [0.15, 0.2) is 11.0 Å². The lowest BCUT2D eigenvalue weighted by Gasteiger charge is -2.47. The SMILES string of the molecule is CCOC(=O)[C@@H]1C2CCC(CC2)[C@H]1Nc1nc(Cl)nc(Cl)c1F. The van der Waals surface area contributed by atoms with Gasteiger partial charge in [0.25, 0.3) is 0 Å². The van der Waals surface area contributed by atoms with Crippen molar-refractivity contribution in [2.24, 2.45) is 17.8 Å². The maximum atomic E-state index is 14.2. The van der Waals surface area contributed by atoms with Crippen molar-refractivity contribution in [3.63, 3.8) is 0 Å². The van der Waals surface area contributed by atoms with Gasteiger partial charge in [0.05, 0.1) is 12.5 Å². The van der Waals surface area contributed by atoms with Gasteiger partial charge in [0.2, 0.25) is 11.1 Å². The first-order valence-electron chi connectivity index (χ1n) is 7.83. The first kappa shape index (κ1) is 16.7. The molecule has 3 fully saturated rings. The van der Waals surface area contributed by atoms with Gasteiger partial charge in [-0.15, -0.1) is 0 Å². The van der Waals surface area contributed by atoms with Gasteiger partial charge in [-0.2, -0.15) is 9.37 Å². The molecule has 2 atom stereocenters. The van der Waals surface area contributed by atoms with Crippen LogP contribution in [0.3, 0.4) is 0 Å². The van der Waals surface area contributed by atoms with Crippen LogP contribution in [0.5, 0.6) is 0 Å². The summed E-state index contributed by atoms with van der Waals surface area (Å²) in [6.45, 7) is 2.12. The van der Waals surface area contributed by atoms with Crippen LogP contribution in [0.4, 0.5) is 10.2 Å². The Morgan fingerprint density at radius 2 is 1.91 bits per heavy atom. The van der Waals surface area contributed by atoms with Gasteiger partial charge >= 0.3 is 5.97 Å². The van der Waals surface area contributed by atoms with Crippen LogP contribution in [0.2, 0.25) is 10.4 Å². The Hall–Kier alpha value is -1.14. The number of aromatic nitrogens is 2. The van der Waals surface area contributed by atoms with E-state index in [4.69, 9.17) is 27.9 Å². The van der Waals surface area contributed by atoms with Gasteiger partial charge in [-0.25, -0.2) is 4.98 Å². The normalized spacial score (nSPS) is 29.4. The second-order valence-electron chi connectivity index (χ2n) is 6.07. The Morgan fingerprint density at radius 3 is 2.57 bits per heavy atom. The lowest BCUT2D eigenvalue weighted by molar-refractivity contribution is -0.154. The molecular formula is C15H18Cl2FN3O2. The van der Waals surface area contributed by atoms with Crippen molar-refractivity contribution in [1.29, 1.82) is 0 Å². The van der Waals surface area contributed by atoms with Gasteiger partial charge in [-0.05, 0) is 56.0 Å². The molecule has 3 aliphatic rings. The lowest BCUT2D eigenvalue weighted by atomic mass is 9.61. The number of nitrogens with one attached hydrogen (secondary N) is 1. The molecule has 23 heavy (non-hydrogen) atoms. The highest BCUT2D eigenvalue weighted by atomic mass is 35.5. The highest BCUT2D eigenvalue weighted by Crippen LogP contribution is 2.46. The maximum Gasteiger partial charge on any atom is 0.311 e. The summed E-state index contributed by atoms with van der Waals surface area (Å²) < 4.78 is 19.4. The molecule has 1 heterocycles. The summed E-state index contributed by atoms with van der Waals surface area (Å²) in [5.74, 6) is -0.795. The molecule has 0 unspecified atom stereocenters. The zero-order valence-corrected chi connectivity index (χ0v) is 14.2. The van der Waals surface area contributed by atoms with Crippen LogP contribution in [0.1, 0.15) is 32.6 Å². The van der Waals surface area contributed by atoms with Crippen molar-refractivity contribution in [2.75, 3.05) is 11.9 Å². The summed E-state index contributed by atoms with van der Waals surface area (Å²) in [5.41, 5.74) is 0. The molecule has 0 spiro atoms. The number of nitrogens with zero attached hydrogens (tertiary/aromatic N) is 2. The minimum absolute atomic E-state index is 0.0538. The first-order valence-corrected chi connectivity index (χ1v) is 8.58. The smallest absolute Gasteiger partial charge is 0.311 e. The van der Waals surface area contributed by atoms with Gasteiger partial charge in [0.1, 0.15) is 0 Å². The zero-order valence-electron chi connectivity index (χ0n) is 12.7. The number of rotatable bonds is 4. The minimum atomic E-state index is -0.750. The van der Waals surface area contributed by atoms with Crippen molar-refractivity contribution in [2.45, 2.75) is 38.6 Å². The number of hydrogen-bond acceptors (Lipinski definition) is 5. The summed E-state index contributed by atoms with van der Waals surface area (Å²) >= 11 is 11.5. The van der Waals surface area contributed by atoms with Gasteiger partial charge in [-0.1, -0.05) is 11.6 Å². The number of esters is 1. The summed E-state index contributed by atoms with van der Waals surface area (Å²) in [5, 5.41) is 2.59. The highest BCUT2D eigenvalue weighted by Gasteiger charge is 2.48. The molecule has 0 aliphatic heterocycles. The zero-order chi connectivity index (χ0) is 16.6. The maximum absolute atomic E-state index is 14.2. The monoisotopic (exact) mass is 361 g/mol. The third kappa shape index (κ3) is 3.24. The van der Waals surface area contributed by atoms with Crippen molar-refractivity contribution in [3.8, 4) is 0 Å². The standard InChI is InChI=1S/C15H18Cl2FN3O2/c1-2-23-14(22)9-7-3-5-8(6-4-7)11(9)19-13-10(18)12(16)20-15(17)21-13/h7-9,11H,2-6H2,1H3,(H,19,20,21)/t7?,8?,9-,11-/m1/s1. The van der Waals surface area contributed by atoms with E-state index in [9.17, 15) is 9.18 Å². The largest absolute Gasteiger partial charge is 0.466 e. The third-order valence-electron chi connectivity index (χ3n) is 4.86. The Kier molecular flexibility index (Phi) is 4.92. The Balaban J connectivity index is 1.88. The molecule has 0 aromatic carbocycles. The van der Waals surface area contributed by atoms with Crippen LogP contribution >= 0.6 is 23.2 Å². The molecule has 2 bridgehead atoms. The van der Waals surface area contributed by atoms with Gasteiger partial charge < -0.3 is 10.1 Å². The average Bonchev–Trinajstić information content (AvgIpc) is 2.53. The highest BCUT2D eigenvalue weighted by molar-refractivity contribution is 6.32. The number of halogens is 3. The summed E-state index contributed by atoms with van der Waals surface area (Å²) in [4.78, 5) is 19.8. The quantitative estimate of drug-likeness (QED) is 0.503. The molecule has 1 aromatic rings. The van der Waals surface area contributed by atoms with E-state index in [2.05, 4.69) is 15.3 Å². The molecule has 5 nitrogen and oxygen atoms in total. The Bertz CT molecular complexity index is 609. The van der Waals surface area contributed by atoms with E-state index in [0.717, 1.165) is 25.7 Å². The molecular weight excluding hydrogens is 344 g/mol. The summed E-state index contributed by atoms with van der Waals surface area (Å²) in [7, 11) is 0. The number of fused-ring (bicyclic) bond motifs is 3. The van der Waals surface area contributed by atoms with Crippen LogP contribution in [0, 0.1) is 23.6 Å². The predicted octanol–water partition coefficient (Wildman–Crippen LogP) is 3.70. The predicted molar refractivity (Wildman–Crippen MR) is 85.0 cm³/mol. The van der Waals surface area contributed by atoms with Crippen molar-refractivity contribution >= 4 is 35.0 Å². The summed E-state index contributed by atoms with van der Waals surface area (Å²) in [6.07, 6.45) is 4.01. The van der Waals surface area contributed by atoms with E-state index < -0.39 is 5.82 Å². The topological polar surface area (TPSA) is 64.1 Å². The molecule has 126 valence electrons. The van der Waals surface area contributed by atoms with Gasteiger partial charge in [0, 0.05) is 6.04 Å². The minimum Gasteiger partial charge on any atom is -0.466 e. The average molecular weight is 362 g/mol. The van der Waals surface area contributed by atoms with Gasteiger partial charge in [-0.3, -0.25) is 4.79 Å². The second kappa shape index (κ2) is 6.77. The van der Waals surface area contributed by atoms with Crippen molar-refractivity contribution in [1.82, 2.24) is 9.97 Å². The fourth-order valence-electron chi connectivity index (χ4n) is 3.88. The fraction of sp³-hybridized carbons (Fsp3) is 0.667. The van der Waals surface area contributed by atoms with E-state index in [1.165, 1.54) is 0 Å². The van der Waals surface area contributed by atoms with E-state index in [0.29, 0.717) is 6.61 Å². The molecule has 0 amide bonds. The number of carbonyl (C=O) groups excluding carboxylic acids is 1. The Labute approximate surface area is 143 Å². The van der Waals surface area contributed by atoms with Crippen LogP contribution in [0.15, 0.2) is 0 Å². The number of ether oxygens (including phenoxy) is 1. The van der Waals surface area contributed by atoms with Crippen molar-refractivity contribution < 1.29 is 13.9 Å². The summed E-state index contributed by atoms with van der Waals surface area (Å²) in [6, 6.07) is -0.224. The number of carbonyl (C=O) groups is 1. The van der Waals surface area contributed by atoms with E-state index in [-0.39, 0.29) is 46.0 Å². The molecule has 1 N–H and O–H groups in total. The molecule has 3 aliphatic carbocycles. The molecule has 0 saturated heterocycles.